The van der Waals surface area contributed by atoms with Crippen LogP contribution in [0, 0.1) is 18.6 Å². The van der Waals surface area contributed by atoms with Gasteiger partial charge in [-0.2, -0.15) is 18.3 Å². The Bertz CT molecular complexity index is 906. The van der Waals surface area contributed by atoms with E-state index in [2.05, 4.69) is 5.10 Å². The normalized spacial score (nSPS) is 15.8. The number of rotatable bonds is 4. The van der Waals surface area contributed by atoms with Gasteiger partial charge in [0, 0.05) is 38.3 Å². The van der Waals surface area contributed by atoms with Crippen LogP contribution < -0.4 is 0 Å². The Balaban J connectivity index is 1.59. The minimum atomic E-state index is -4.70. The van der Waals surface area contributed by atoms with E-state index in [0.29, 0.717) is 26.2 Å². The van der Waals surface area contributed by atoms with E-state index >= 15 is 0 Å². The minimum absolute atomic E-state index is 0.0626. The number of piperazine rings is 1. The molecule has 2 aromatic rings. The topological polar surface area (TPSA) is 41.4 Å². The molecule has 158 valence electrons. The smallest absolute Gasteiger partial charge is 0.339 e. The van der Waals surface area contributed by atoms with Crippen molar-refractivity contribution >= 4 is 17.5 Å². The second-order valence-electron chi connectivity index (χ2n) is 6.77. The largest absolute Gasteiger partial charge is 0.436 e. The molecule has 0 atom stereocenters. The van der Waals surface area contributed by atoms with Crippen LogP contribution in [-0.2, 0) is 24.1 Å². The highest BCUT2D eigenvalue weighted by molar-refractivity contribution is 6.32. The Kier molecular flexibility index (Phi) is 6.13. The maximum atomic E-state index is 13.8. The van der Waals surface area contributed by atoms with Crippen molar-refractivity contribution in [3.05, 3.63) is 51.8 Å². The van der Waals surface area contributed by atoms with Crippen molar-refractivity contribution in [3.63, 3.8) is 0 Å². The molecule has 0 radical (unpaired) electrons. The van der Waals surface area contributed by atoms with Gasteiger partial charge < -0.3 is 4.90 Å². The van der Waals surface area contributed by atoms with Crippen molar-refractivity contribution in [1.82, 2.24) is 19.6 Å². The Morgan fingerprint density at radius 1 is 1.17 bits per heavy atom. The average molecular weight is 437 g/mol. The molecule has 0 saturated carbocycles. The number of benzene rings is 1. The van der Waals surface area contributed by atoms with Crippen LogP contribution in [0.4, 0.5) is 22.0 Å². The first-order valence-electron chi connectivity index (χ1n) is 8.81. The molecule has 11 heteroatoms. The zero-order valence-corrected chi connectivity index (χ0v) is 16.2. The lowest BCUT2D eigenvalue weighted by molar-refractivity contribution is -0.142. The third kappa shape index (κ3) is 4.69. The molecule has 29 heavy (non-hydrogen) atoms. The number of hydrogen-bond acceptors (Lipinski definition) is 3. The molecule has 1 aliphatic heterocycles. The van der Waals surface area contributed by atoms with E-state index in [1.54, 1.807) is 0 Å². The molecule has 1 amide bonds. The molecule has 1 saturated heterocycles. The fourth-order valence-electron chi connectivity index (χ4n) is 3.15. The lowest BCUT2D eigenvalue weighted by Gasteiger charge is -2.34. The first-order valence-corrected chi connectivity index (χ1v) is 9.19. The molecule has 0 spiro atoms. The van der Waals surface area contributed by atoms with Crippen molar-refractivity contribution in [2.24, 2.45) is 0 Å². The van der Waals surface area contributed by atoms with E-state index in [9.17, 15) is 26.7 Å². The number of nitrogens with zero attached hydrogens (tertiary/aromatic N) is 4. The van der Waals surface area contributed by atoms with Gasteiger partial charge in [-0.15, -0.1) is 0 Å². The molecule has 1 aromatic heterocycles. The minimum Gasteiger partial charge on any atom is -0.339 e. The first-order chi connectivity index (χ1) is 13.6. The Hall–Kier alpha value is -2.20. The number of carbonyl (C=O) groups excluding carboxylic acids is 1. The summed E-state index contributed by atoms with van der Waals surface area (Å²) >= 11 is 5.70. The van der Waals surface area contributed by atoms with Crippen LogP contribution in [0.25, 0.3) is 0 Å². The van der Waals surface area contributed by atoms with Crippen LogP contribution in [0.1, 0.15) is 17.0 Å². The van der Waals surface area contributed by atoms with Crippen molar-refractivity contribution in [1.29, 1.82) is 0 Å². The van der Waals surface area contributed by atoms with Crippen molar-refractivity contribution in [2.75, 3.05) is 26.2 Å². The predicted octanol–water partition coefficient (Wildman–Crippen LogP) is 3.49. The van der Waals surface area contributed by atoms with Crippen LogP contribution >= 0.6 is 11.6 Å². The summed E-state index contributed by atoms with van der Waals surface area (Å²) in [6.07, 6.45) is -4.70. The summed E-state index contributed by atoms with van der Waals surface area (Å²) < 4.78 is 66.7. The molecular weight excluding hydrogens is 419 g/mol. The van der Waals surface area contributed by atoms with Crippen LogP contribution in [0.2, 0.25) is 5.02 Å². The first kappa shape index (κ1) is 21.5. The molecule has 1 aromatic carbocycles. The van der Waals surface area contributed by atoms with Crippen LogP contribution in [0.5, 0.6) is 0 Å². The van der Waals surface area contributed by atoms with Crippen LogP contribution in [0.3, 0.4) is 0 Å². The number of hydrogen-bond donors (Lipinski definition) is 0. The fraction of sp³-hybridized carbons (Fsp3) is 0.444. The maximum Gasteiger partial charge on any atom is 0.436 e. The van der Waals surface area contributed by atoms with Gasteiger partial charge >= 0.3 is 6.18 Å². The molecule has 3 rings (SSSR count). The van der Waals surface area contributed by atoms with E-state index in [1.165, 1.54) is 24.0 Å². The SMILES string of the molecule is Cc1c(Cl)c(C(F)(F)F)nn1CC(=O)N1CCN(Cc2cccc(F)c2F)CC1. The molecule has 0 bridgehead atoms. The summed E-state index contributed by atoms with van der Waals surface area (Å²) in [5.41, 5.74) is -0.926. The molecule has 5 nitrogen and oxygen atoms in total. The maximum absolute atomic E-state index is 13.8. The lowest BCUT2D eigenvalue weighted by Crippen LogP contribution is -2.49. The van der Waals surface area contributed by atoms with E-state index in [1.807, 2.05) is 4.90 Å². The summed E-state index contributed by atoms with van der Waals surface area (Å²) in [5, 5.41) is 2.91. The van der Waals surface area contributed by atoms with Gasteiger partial charge in [-0.05, 0) is 13.0 Å². The van der Waals surface area contributed by atoms with Crippen molar-refractivity contribution in [3.8, 4) is 0 Å². The number of carbonyl (C=O) groups is 1. The second-order valence-corrected chi connectivity index (χ2v) is 7.15. The van der Waals surface area contributed by atoms with E-state index < -0.39 is 34.4 Å². The summed E-state index contributed by atoms with van der Waals surface area (Å²) in [5.74, 6) is -2.20. The molecule has 0 N–H and O–H groups in total. The summed E-state index contributed by atoms with van der Waals surface area (Å²) in [7, 11) is 0. The van der Waals surface area contributed by atoms with Gasteiger partial charge in [0.05, 0.1) is 10.7 Å². The predicted molar refractivity (Wildman–Crippen MR) is 95.2 cm³/mol. The third-order valence-electron chi connectivity index (χ3n) is 4.84. The summed E-state index contributed by atoms with van der Waals surface area (Å²) in [6, 6.07) is 3.97. The summed E-state index contributed by atoms with van der Waals surface area (Å²) in [6.45, 7) is 2.69. The third-order valence-corrected chi connectivity index (χ3v) is 5.29. The number of aromatic nitrogens is 2. The average Bonchev–Trinajstić information content (AvgIpc) is 2.94. The zero-order valence-electron chi connectivity index (χ0n) is 15.4. The van der Waals surface area contributed by atoms with Gasteiger partial charge in [0.25, 0.3) is 0 Å². The Labute approximate surface area is 168 Å². The van der Waals surface area contributed by atoms with Gasteiger partial charge in [-0.3, -0.25) is 14.4 Å². The van der Waals surface area contributed by atoms with Gasteiger partial charge in [-0.1, -0.05) is 23.7 Å². The highest BCUT2D eigenvalue weighted by Gasteiger charge is 2.38. The van der Waals surface area contributed by atoms with Gasteiger partial charge in [-0.25, -0.2) is 8.78 Å². The van der Waals surface area contributed by atoms with E-state index in [-0.39, 0.29) is 24.3 Å². The molecule has 2 heterocycles. The summed E-state index contributed by atoms with van der Waals surface area (Å²) in [4.78, 5) is 15.8. The fourth-order valence-corrected chi connectivity index (χ4v) is 3.40. The standard InChI is InChI=1S/C18H18ClF5N4O/c1-11-15(19)17(18(22,23)24)25-28(11)10-14(29)27-7-5-26(6-8-27)9-12-3-2-4-13(20)16(12)21/h2-4H,5-10H2,1H3. The van der Waals surface area contributed by atoms with Crippen LogP contribution in [-0.4, -0.2) is 51.7 Å². The highest BCUT2D eigenvalue weighted by Crippen LogP contribution is 2.35. The van der Waals surface area contributed by atoms with Gasteiger partial charge in [0.2, 0.25) is 5.91 Å². The highest BCUT2D eigenvalue weighted by atomic mass is 35.5. The van der Waals surface area contributed by atoms with Crippen molar-refractivity contribution in [2.45, 2.75) is 26.2 Å². The Morgan fingerprint density at radius 2 is 1.83 bits per heavy atom. The number of amides is 1. The lowest BCUT2D eigenvalue weighted by atomic mass is 10.1. The number of alkyl halides is 3. The number of halogens is 6. The molecule has 0 unspecified atom stereocenters. The van der Waals surface area contributed by atoms with E-state index in [0.717, 1.165) is 10.7 Å². The molecular formula is C18H18ClF5N4O. The quantitative estimate of drug-likeness (QED) is 0.689. The van der Waals surface area contributed by atoms with E-state index in [4.69, 9.17) is 11.6 Å². The van der Waals surface area contributed by atoms with Gasteiger partial charge in [0.1, 0.15) is 6.54 Å². The monoisotopic (exact) mass is 436 g/mol. The zero-order chi connectivity index (χ0) is 21.3. The van der Waals surface area contributed by atoms with Crippen LogP contribution in [0.15, 0.2) is 18.2 Å². The Morgan fingerprint density at radius 3 is 2.41 bits per heavy atom. The molecule has 1 fully saturated rings. The molecule has 0 aliphatic carbocycles. The van der Waals surface area contributed by atoms with Gasteiger partial charge in [0.15, 0.2) is 17.3 Å². The second kappa shape index (κ2) is 8.27. The molecule has 1 aliphatic rings. The van der Waals surface area contributed by atoms with Crippen molar-refractivity contribution < 1.29 is 26.7 Å².